The van der Waals surface area contributed by atoms with Gasteiger partial charge in [-0.1, -0.05) is 25.1 Å². The Morgan fingerprint density at radius 1 is 1.04 bits per heavy atom. The van der Waals surface area contributed by atoms with Crippen LogP contribution in [0.15, 0.2) is 36.4 Å². The van der Waals surface area contributed by atoms with Crippen LogP contribution in [-0.2, 0) is 0 Å². The minimum Gasteiger partial charge on any atom is -0.337 e. The molecule has 1 aromatic carbocycles. The normalized spacial score (nSPS) is 15.0. The SMILES string of the molecule is Cc1cccc(NC(=O)c2cccc(C(=O)N3CCC(C)CC3)n2)c1C. The number of hydrogen-bond donors (Lipinski definition) is 1. The van der Waals surface area contributed by atoms with E-state index in [0.717, 1.165) is 42.7 Å². The summed E-state index contributed by atoms with van der Waals surface area (Å²) in [5.74, 6) is 0.251. The zero-order chi connectivity index (χ0) is 18.7. The number of anilines is 1. The summed E-state index contributed by atoms with van der Waals surface area (Å²) in [6.07, 6.45) is 2.02. The zero-order valence-electron chi connectivity index (χ0n) is 15.6. The third-order valence-electron chi connectivity index (χ3n) is 5.12. The second-order valence-corrected chi connectivity index (χ2v) is 7.08. The molecule has 3 rings (SSSR count). The van der Waals surface area contributed by atoms with Crippen LogP contribution in [0, 0.1) is 19.8 Å². The molecular weight excluding hydrogens is 326 g/mol. The number of pyridine rings is 1. The summed E-state index contributed by atoms with van der Waals surface area (Å²) < 4.78 is 0. The topological polar surface area (TPSA) is 62.3 Å². The molecule has 2 amide bonds. The fourth-order valence-corrected chi connectivity index (χ4v) is 3.13. The number of nitrogens with zero attached hydrogens (tertiary/aromatic N) is 2. The van der Waals surface area contributed by atoms with E-state index in [1.165, 1.54) is 0 Å². The first-order chi connectivity index (χ1) is 12.5. The van der Waals surface area contributed by atoms with E-state index >= 15 is 0 Å². The van der Waals surface area contributed by atoms with E-state index in [1.54, 1.807) is 18.2 Å². The smallest absolute Gasteiger partial charge is 0.274 e. The molecule has 2 heterocycles. The maximum atomic E-state index is 12.7. The summed E-state index contributed by atoms with van der Waals surface area (Å²) in [6, 6.07) is 10.8. The van der Waals surface area contributed by atoms with Crippen molar-refractivity contribution in [2.24, 2.45) is 5.92 Å². The Morgan fingerprint density at radius 3 is 2.42 bits per heavy atom. The highest BCUT2D eigenvalue weighted by Crippen LogP contribution is 2.20. The van der Waals surface area contributed by atoms with Crippen LogP contribution in [0.1, 0.15) is 51.9 Å². The molecule has 2 aromatic rings. The monoisotopic (exact) mass is 351 g/mol. The third kappa shape index (κ3) is 3.93. The molecule has 1 aliphatic rings. The predicted octanol–water partition coefficient (Wildman–Crippen LogP) is 3.82. The second kappa shape index (κ2) is 7.68. The number of carbonyl (C=O) groups excluding carboxylic acids is 2. The van der Waals surface area contributed by atoms with E-state index in [1.807, 2.05) is 36.9 Å². The van der Waals surface area contributed by atoms with E-state index in [4.69, 9.17) is 0 Å². The first kappa shape index (κ1) is 18.1. The molecule has 5 heteroatoms. The summed E-state index contributed by atoms with van der Waals surface area (Å²) >= 11 is 0. The van der Waals surface area contributed by atoms with E-state index < -0.39 is 0 Å². The molecular formula is C21H25N3O2. The van der Waals surface area contributed by atoms with Crippen molar-refractivity contribution in [2.75, 3.05) is 18.4 Å². The Kier molecular flexibility index (Phi) is 5.35. The first-order valence-electron chi connectivity index (χ1n) is 9.09. The molecule has 1 N–H and O–H groups in total. The number of benzene rings is 1. The Bertz CT molecular complexity index is 824. The summed E-state index contributed by atoms with van der Waals surface area (Å²) in [5.41, 5.74) is 3.48. The largest absolute Gasteiger partial charge is 0.337 e. The molecule has 1 saturated heterocycles. The van der Waals surface area contributed by atoms with Crippen LogP contribution in [0.4, 0.5) is 5.69 Å². The van der Waals surface area contributed by atoms with Crippen LogP contribution in [0.2, 0.25) is 0 Å². The van der Waals surface area contributed by atoms with Crippen LogP contribution in [-0.4, -0.2) is 34.8 Å². The van der Waals surface area contributed by atoms with E-state index in [9.17, 15) is 9.59 Å². The molecule has 1 aromatic heterocycles. The highest BCUT2D eigenvalue weighted by Gasteiger charge is 2.23. The molecule has 0 unspecified atom stereocenters. The van der Waals surface area contributed by atoms with E-state index in [-0.39, 0.29) is 17.5 Å². The molecule has 5 nitrogen and oxygen atoms in total. The molecule has 1 fully saturated rings. The number of likely N-dealkylation sites (tertiary alicyclic amines) is 1. The Hall–Kier alpha value is -2.69. The highest BCUT2D eigenvalue weighted by atomic mass is 16.2. The lowest BCUT2D eigenvalue weighted by Crippen LogP contribution is -2.38. The van der Waals surface area contributed by atoms with Crippen LogP contribution in [0.3, 0.4) is 0 Å². The second-order valence-electron chi connectivity index (χ2n) is 7.08. The van der Waals surface area contributed by atoms with Gasteiger partial charge < -0.3 is 10.2 Å². The summed E-state index contributed by atoms with van der Waals surface area (Å²) in [4.78, 5) is 31.4. The van der Waals surface area contributed by atoms with Crippen molar-refractivity contribution < 1.29 is 9.59 Å². The van der Waals surface area contributed by atoms with E-state index in [2.05, 4.69) is 17.2 Å². The first-order valence-corrected chi connectivity index (χ1v) is 9.09. The molecule has 0 radical (unpaired) electrons. The molecule has 0 saturated carbocycles. The average Bonchev–Trinajstić information content (AvgIpc) is 2.65. The van der Waals surface area contributed by atoms with E-state index in [0.29, 0.717) is 11.6 Å². The van der Waals surface area contributed by atoms with Gasteiger partial charge in [-0.2, -0.15) is 0 Å². The van der Waals surface area contributed by atoms with Crippen molar-refractivity contribution >= 4 is 17.5 Å². The number of piperidine rings is 1. The zero-order valence-corrected chi connectivity index (χ0v) is 15.6. The Balaban J connectivity index is 1.75. The maximum absolute atomic E-state index is 12.7. The maximum Gasteiger partial charge on any atom is 0.274 e. The third-order valence-corrected chi connectivity index (χ3v) is 5.12. The molecule has 0 spiro atoms. The van der Waals surface area contributed by atoms with Gasteiger partial charge >= 0.3 is 0 Å². The Morgan fingerprint density at radius 2 is 1.69 bits per heavy atom. The van der Waals surface area contributed by atoms with Crippen molar-refractivity contribution in [3.05, 3.63) is 58.9 Å². The van der Waals surface area contributed by atoms with Crippen LogP contribution in [0.5, 0.6) is 0 Å². The number of hydrogen-bond acceptors (Lipinski definition) is 3. The molecule has 26 heavy (non-hydrogen) atoms. The van der Waals surface area contributed by atoms with Crippen molar-refractivity contribution in [2.45, 2.75) is 33.6 Å². The lowest BCUT2D eigenvalue weighted by Gasteiger charge is -2.30. The van der Waals surface area contributed by atoms with Gasteiger partial charge in [0.05, 0.1) is 0 Å². The van der Waals surface area contributed by atoms with Gasteiger partial charge in [-0.3, -0.25) is 9.59 Å². The van der Waals surface area contributed by atoms with Crippen LogP contribution >= 0.6 is 0 Å². The molecule has 1 aliphatic heterocycles. The van der Waals surface area contributed by atoms with Gasteiger partial charge in [0.2, 0.25) is 0 Å². The summed E-state index contributed by atoms with van der Waals surface area (Å²) in [7, 11) is 0. The van der Waals surface area contributed by atoms with Gasteiger partial charge in [-0.25, -0.2) is 4.98 Å². The minimum absolute atomic E-state index is 0.0988. The fourth-order valence-electron chi connectivity index (χ4n) is 3.13. The van der Waals surface area contributed by atoms with Crippen LogP contribution < -0.4 is 5.32 Å². The Labute approximate surface area is 154 Å². The highest BCUT2D eigenvalue weighted by molar-refractivity contribution is 6.04. The van der Waals surface area contributed by atoms with Gasteiger partial charge in [-0.15, -0.1) is 0 Å². The number of nitrogens with one attached hydrogen (secondary N) is 1. The molecule has 0 aliphatic carbocycles. The molecule has 0 atom stereocenters. The fraction of sp³-hybridized carbons (Fsp3) is 0.381. The lowest BCUT2D eigenvalue weighted by molar-refractivity contribution is 0.0691. The van der Waals surface area contributed by atoms with Crippen molar-refractivity contribution in [1.29, 1.82) is 0 Å². The van der Waals surface area contributed by atoms with Crippen LogP contribution in [0.25, 0.3) is 0 Å². The lowest BCUT2D eigenvalue weighted by atomic mass is 9.99. The number of amides is 2. The number of rotatable bonds is 3. The van der Waals surface area contributed by atoms with Crippen molar-refractivity contribution in [3.63, 3.8) is 0 Å². The molecule has 0 bridgehead atoms. The summed E-state index contributed by atoms with van der Waals surface area (Å²) in [6.45, 7) is 7.68. The van der Waals surface area contributed by atoms with Gasteiger partial charge in [0.1, 0.15) is 11.4 Å². The summed E-state index contributed by atoms with van der Waals surface area (Å²) in [5, 5.41) is 2.89. The molecule has 136 valence electrons. The number of carbonyl (C=O) groups is 2. The standard InChI is InChI=1S/C21H25N3O2/c1-14-10-12-24(13-11-14)21(26)19-9-5-8-18(22-19)20(25)23-17-7-4-6-15(2)16(17)3/h4-9,14H,10-13H2,1-3H3,(H,23,25). The van der Waals surface area contributed by atoms with Crippen molar-refractivity contribution in [3.8, 4) is 0 Å². The van der Waals surface area contributed by atoms with Crippen molar-refractivity contribution in [1.82, 2.24) is 9.88 Å². The minimum atomic E-state index is -0.305. The number of aryl methyl sites for hydroxylation is 1. The predicted molar refractivity (Wildman–Crippen MR) is 102 cm³/mol. The number of aromatic nitrogens is 1. The average molecular weight is 351 g/mol. The van der Waals surface area contributed by atoms with Gasteiger partial charge in [0, 0.05) is 18.8 Å². The van der Waals surface area contributed by atoms with Gasteiger partial charge in [0.15, 0.2) is 0 Å². The van der Waals surface area contributed by atoms with Gasteiger partial charge in [0.25, 0.3) is 11.8 Å². The quantitative estimate of drug-likeness (QED) is 0.914. The van der Waals surface area contributed by atoms with Gasteiger partial charge in [-0.05, 0) is 61.9 Å².